The zero-order valence-corrected chi connectivity index (χ0v) is 16.4. The van der Waals surface area contributed by atoms with Crippen molar-refractivity contribution in [1.29, 1.82) is 0 Å². The van der Waals surface area contributed by atoms with Gasteiger partial charge in [0.1, 0.15) is 0 Å². The normalized spacial score (nSPS) is 18.6. The van der Waals surface area contributed by atoms with Crippen LogP contribution in [0.3, 0.4) is 0 Å². The van der Waals surface area contributed by atoms with E-state index in [-0.39, 0.29) is 23.8 Å². The zero-order chi connectivity index (χ0) is 19.9. The van der Waals surface area contributed by atoms with E-state index in [0.29, 0.717) is 19.3 Å². The first-order valence-corrected chi connectivity index (χ1v) is 9.61. The molecule has 1 fully saturated rings. The molecule has 2 aromatic rings. The Morgan fingerprint density at radius 2 is 1.43 bits per heavy atom. The molecule has 0 saturated heterocycles. The van der Waals surface area contributed by atoms with Gasteiger partial charge >= 0.3 is 11.9 Å². The third-order valence-corrected chi connectivity index (χ3v) is 5.47. The summed E-state index contributed by atoms with van der Waals surface area (Å²) in [6, 6.07) is 20.5. The monoisotopic (exact) mass is 378 g/mol. The Hall–Kier alpha value is -2.88. The fourth-order valence-corrected chi connectivity index (χ4v) is 4.10. The van der Waals surface area contributed by atoms with Gasteiger partial charge in [-0.25, -0.2) is 0 Å². The van der Waals surface area contributed by atoms with Crippen LogP contribution in [0.2, 0.25) is 0 Å². The van der Waals surface area contributed by atoms with Gasteiger partial charge < -0.3 is 9.47 Å². The van der Waals surface area contributed by atoms with Crippen LogP contribution in [0.15, 0.2) is 66.2 Å². The predicted octanol–water partition coefficient (Wildman–Crippen LogP) is 4.64. The van der Waals surface area contributed by atoms with Crippen LogP contribution in [-0.2, 0) is 19.1 Å². The molecule has 0 bridgehead atoms. The van der Waals surface area contributed by atoms with E-state index in [1.54, 1.807) is 0 Å². The Balaban J connectivity index is 2.00. The molecule has 4 heteroatoms. The summed E-state index contributed by atoms with van der Waals surface area (Å²) in [5, 5.41) is 0. The number of esters is 2. The third-order valence-electron chi connectivity index (χ3n) is 5.47. The van der Waals surface area contributed by atoms with Gasteiger partial charge in [0.25, 0.3) is 0 Å². The predicted molar refractivity (Wildman–Crippen MR) is 108 cm³/mol. The summed E-state index contributed by atoms with van der Waals surface area (Å²) in [5.41, 5.74) is 4.69. The average Bonchev–Trinajstić information content (AvgIpc) is 3.16. The van der Waals surface area contributed by atoms with Gasteiger partial charge in [-0.1, -0.05) is 66.2 Å². The lowest BCUT2D eigenvalue weighted by Gasteiger charge is -2.15. The molecular formula is C24H26O4. The van der Waals surface area contributed by atoms with Gasteiger partial charge in [-0.2, -0.15) is 0 Å². The molecule has 4 nitrogen and oxygen atoms in total. The van der Waals surface area contributed by atoms with Crippen molar-refractivity contribution in [3.63, 3.8) is 0 Å². The van der Waals surface area contributed by atoms with Crippen LogP contribution in [0.4, 0.5) is 0 Å². The molecule has 1 aliphatic rings. The van der Waals surface area contributed by atoms with E-state index in [2.05, 4.69) is 24.3 Å². The molecule has 0 N–H and O–H groups in total. The van der Waals surface area contributed by atoms with Crippen molar-refractivity contribution < 1.29 is 19.1 Å². The Kier molecular flexibility index (Phi) is 6.64. The molecule has 0 amide bonds. The summed E-state index contributed by atoms with van der Waals surface area (Å²) in [6.45, 7) is 0. The Morgan fingerprint density at radius 1 is 0.857 bits per heavy atom. The Morgan fingerprint density at radius 3 is 1.93 bits per heavy atom. The van der Waals surface area contributed by atoms with E-state index < -0.39 is 0 Å². The molecule has 1 saturated carbocycles. The molecule has 0 aromatic heterocycles. The largest absolute Gasteiger partial charge is 0.469 e. The highest BCUT2D eigenvalue weighted by Crippen LogP contribution is 2.44. The van der Waals surface area contributed by atoms with Gasteiger partial charge in [0.15, 0.2) is 0 Å². The van der Waals surface area contributed by atoms with E-state index in [4.69, 9.17) is 9.47 Å². The first-order chi connectivity index (χ1) is 13.6. The lowest BCUT2D eigenvalue weighted by atomic mass is 9.91. The van der Waals surface area contributed by atoms with Crippen LogP contribution >= 0.6 is 0 Å². The number of carbonyl (C=O) groups excluding carboxylic acids is 2. The molecule has 2 atom stereocenters. The summed E-state index contributed by atoms with van der Waals surface area (Å²) < 4.78 is 9.84. The maximum Gasteiger partial charge on any atom is 0.309 e. The lowest BCUT2D eigenvalue weighted by Crippen LogP contribution is -2.21. The number of carbonyl (C=O) groups is 2. The highest BCUT2D eigenvalue weighted by atomic mass is 16.5. The molecule has 0 spiro atoms. The van der Waals surface area contributed by atoms with Gasteiger partial charge in [0.2, 0.25) is 0 Å². The van der Waals surface area contributed by atoms with Crippen molar-refractivity contribution in [2.75, 3.05) is 14.2 Å². The van der Waals surface area contributed by atoms with Crippen LogP contribution in [0, 0.1) is 11.8 Å². The van der Waals surface area contributed by atoms with Crippen molar-refractivity contribution in [2.45, 2.75) is 25.7 Å². The molecule has 3 rings (SSSR count). The summed E-state index contributed by atoms with van der Waals surface area (Å²) in [4.78, 5) is 24.0. The average molecular weight is 378 g/mol. The van der Waals surface area contributed by atoms with Crippen molar-refractivity contribution in [1.82, 2.24) is 0 Å². The molecule has 0 radical (unpaired) electrons. The zero-order valence-electron chi connectivity index (χ0n) is 16.4. The fourth-order valence-electron chi connectivity index (χ4n) is 4.10. The number of ether oxygens (including phenoxy) is 2. The number of benzene rings is 2. The van der Waals surface area contributed by atoms with Crippen molar-refractivity contribution in [3.05, 3.63) is 77.4 Å². The maximum atomic E-state index is 12.4. The molecule has 2 aromatic carbocycles. The highest BCUT2D eigenvalue weighted by molar-refractivity contribution is 5.84. The van der Waals surface area contributed by atoms with Crippen LogP contribution in [0.5, 0.6) is 0 Å². The minimum atomic E-state index is -0.243. The standard InChI is InChI=1S/C24H26O4/c1-27-22(25)14-13-19-15-20(16-21(19)24(26)28-2)23(17-9-5-3-6-10-17)18-11-7-4-8-12-18/h3-12,19,21H,13-16H2,1-2H3. The van der Waals surface area contributed by atoms with Crippen molar-refractivity contribution in [3.8, 4) is 0 Å². The number of rotatable bonds is 6. The fraction of sp³-hybridized carbons (Fsp3) is 0.333. The van der Waals surface area contributed by atoms with E-state index in [9.17, 15) is 9.59 Å². The van der Waals surface area contributed by atoms with Crippen LogP contribution < -0.4 is 0 Å². The summed E-state index contributed by atoms with van der Waals surface area (Å²) >= 11 is 0. The smallest absolute Gasteiger partial charge is 0.309 e. The van der Waals surface area contributed by atoms with E-state index in [0.717, 1.165) is 17.5 Å². The summed E-state index contributed by atoms with van der Waals surface area (Å²) in [5.74, 6) is -0.603. The summed E-state index contributed by atoms with van der Waals surface area (Å²) in [7, 11) is 2.82. The molecule has 2 unspecified atom stereocenters. The molecule has 0 heterocycles. The number of allylic oxidation sites excluding steroid dienone is 1. The molecule has 1 aliphatic carbocycles. The minimum absolute atomic E-state index is 0.0731. The first kappa shape index (κ1) is 19.9. The minimum Gasteiger partial charge on any atom is -0.469 e. The van der Waals surface area contributed by atoms with Gasteiger partial charge in [-0.3, -0.25) is 9.59 Å². The molecule has 146 valence electrons. The number of methoxy groups -OCH3 is 2. The molecule has 28 heavy (non-hydrogen) atoms. The molecular weight excluding hydrogens is 352 g/mol. The van der Waals surface area contributed by atoms with Crippen LogP contribution in [0.25, 0.3) is 5.57 Å². The van der Waals surface area contributed by atoms with Crippen molar-refractivity contribution in [2.24, 2.45) is 11.8 Å². The van der Waals surface area contributed by atoms with E-state index in [1.165, 1.54) is 25.4 Å². The van der Waals surface area contributed by atoms with Crippen LogP contribution in [0.1, 0.15) is 36.8 Å². The second-order valence-corrected chi connectivity index (χ2v) is 7.12. The number of hydrogen-bond acceptors (Lipinski definition) is 4. The second kappa shape index (κ2) is 9.36. The first-order valence-electron chi connectivity index (χ1n) is 9.61. The number of hydrogen-bond donors (Lipinski definition) is 0. The van der Waals surface area contributed by atoms with E-state index in [1.807, 2.05) is 36.4 Å². The van der Waals surface area contributed by atoms with Crippen LogP contribution in [-0.4, -0.2) is 26.2 Å². The highest BCUT2D eigenvalue weighted by Gasteiger charge is 2.38. The van der Waals surface area contributed by atoms with Gasteiger partial charge in [-0.15, -0.1) is 0 Å². The lowest BCUT2D eigenvalue weighted by molar-refractivity contribution is -0.147. The molecule has 0 aliphatic heterocycles. The van der Waals surface area contributed by atoms with Gasteiger partial charge in [0.05, 0.1) is 20.1 Å². The maximum absolute atomic E-state index is 12.4. The topological polar surface area (TPSA) is 52.6 Å². The third kappa shape index (κ3) is 4.50. The Bertz CT molecular complexity index is 798. The quantitative estimate of drug-likeness (QED) is 0.687. The van der Waals surface area contributed by atoms with E-state index >= 15 is 0 Å². The second-order valence-electron chi connectivity index (χ2n) is 7.12. The van der Waals surface area contributed by atoms with Gasteiger partial charge in [0, 0.05) is 6.42 Å². The SMILES string of the molecule is COC(=O)CCC1CC(=C(c2ccccc2)c2ccccc2)CC1C(=O)OC. The summed E-state index contributed by atoms with van der Waals surface area (Å²) in [6.07, 6.45) is 2.36. The van der Waals surface area contributed by atoms with Gasteiger partial charge in [-0.05, 0) is 41.9 Å². The van der Waals surface area contributed by atoms with Crippen molar-refractivity contribution >= 4 is 17.5 Å². The Labute approximate surface area is 166 Å².